The van der Waals surface area contributed by atoms with E-state index in [9.17, 15) is 0 Å². The predicted octanol–water partition coefficient (Wildman–Crippen LogP) is 2.09. The van der Waals surface area contributed by atoms with Crippen LogP contribution in [0, 0.1) is 11.3 Å². The minimum absolute atomic E-state index is 0.344. The van der Waals surface area contributed by atoms with Crippen LogP contribution < -0.4 is 5.73 Å². The van der Waals surface area contributed by atoms with Crippen LogP contribution in [0.4, 0.5) is 0 Å². The number of nitrogens with two attached hydrogens (primary N) is 1. The van der Waals surface area contributed by atoms with Crippen LogP contribution in [0.1, 0.15) is 40.5 Å². The van der Waals surface area contributed by atoms with Gasteiger partial charge in [-0.3, -0.25) is 4.90 Å². The number of hydrogen-bond donors (Lipinski definition) is 1. The average molecular weight is 198 g/mol. The molecule has 1 fully saturated rings. The molecule has 1 rings (SSSR count). The molecule has 0 heterocycles. The molecule has 0 spiro atoms. The van der Waals surface area contributed by atoms with Crippen LogP contribution in [0.25, 0.3) is 0 Å². The van der Waals surface area contributed by atoms with Gasteiger partial charge < -0.3 is 5.73 Å². The number of likely N-dealkylation sites (N-methyl/N-ethyl adjacent to an activating group) is 1. The highest BCUT2D eigenvalue weighted by atomic mass is 15.2. The fourth-order valence-corrected chi connectivity index (χ4v) is 2.07. The van der Waals surface area contributed by atoms with Gasteiger partial charge in [-0.05, 0) is 38.1 Å². The topological polar surface area (TPSA) is 29.3 Å². The Morgan fingerprint density at radius 3 is 2.14 bits per heavy atom. The van der Waals surface area contributed by atoms with Gasteiger partial charge in [-0.2, -0.15) is 0 Å². The minimum Gasteiger partial charge on any atom is -0.329 e. The highest BCUT2D eigenvalue weighted by Gasteiger charge is 2.36. The summed E-state index contributed by atoms with van der Waals surface area (Å²) >= 11 is 0. The Balaban J connectivity index is 2.57. The van der Waals surface area contributed by atoms with E-state index in [4.69, 9.17) is 5.73 Å². The van der Waals surface area contributed by atoms with E-state index in [2.05, 4.69) is 39.6 Å². The van der Waals surface area contributed by atoms with Crippen molar-refractivity contribution in [3.63, 3.8) is 0 Å². The molecule has 0 aliphatic heterocycles. The van der Waals surface area contributed by atoms with Crippen molar-refractivity contribution in [2.24, 2.45) is 17.1 Å². The van der Waals surface area contributed by atoms with E-state index < -0.39 is 0 Å². The van der Waals surface area contributed by atoms with Crippen molar-refractivity contribution in [3.05, 3.63) is 0 Å². The minimum atomic E-state index is 0.344. The monoisotopic (exact) mass is 198 g/mol. The van der Waals surface area contributed by atoms with Gasteiger partial charge in [0, 0.05) is 18.6 Å². The fourth-order valence-electron chi connectivity index (χ4n) is 2.07. The zero-order chi connectivity index (χ0) is 10.9. The van der Waals surface area contributed by atoms with E-state index in [1.165, 1.54) is 12.8 Å². The zero-order valence-corrected chi connectivity index (χ0v) is 10.4. The normalized spacial score (nSPS) is 22.5. The Labute approximate surface area is 88.8 Å². The molecule has 84 valence electrons. The molecule has 2 atom stereocenters. The Hall–Kier alpha value is -0.0800. The summed E-state index contributed by atoms with van der Waals surface area (Å²) in [6, 6.07) is 1.20. The van der Waals surface area contributed by atoms with E-state index in [-0.39, 0.29) is 0 Å². The molecule has 0 aromatic carbocycles. The summed E-state index contributed by atoms with van der Waals surface area (Å²) in [6.07, 6.45) is 2.76. The van der Waals surface area contributed by atoms with Crippen molar-refractivity contribution < 1.29 is 0 Å². The van der Waals surface area contributed by atoms with Gasteiger partial charge in [-0.1, -0.05) is 20.8 Å². The van der Waals surface area contributed by atoms with Crippen molar-refractivity contribution in [1.29, 1.82) is 0 Å². The molecule has 1 aliphatic rings. The molecule has 1 saturated carbocycles. The molecule has 0 saturated heterocycles. The Morgan fingerprint density at radius 2 is 1.86 bits per heavy atom. The van der Waals surface area contributed by atoms with Crippen LogP contribution in [0.5, 0.6) is 0 Å². The molecule has 0 radical (unpaired) electrons. The summed E-state index contributed by atoms with van der Waals surface area (Å²) < 4.78 is 0. The molecule has 1 aliphatic carbocycles. The third-order valence-corrected chi connectivity index (χ3v) is 3.80. The van der Waals surface area contributed by atoms with Gasteiger partial charge in [-0.25, -0.2) is 0 Å². The van der Waals surface area contributed by atoms with Crippen molar-refractivity contribution in [3.8, 4) is 0 Å². The van der Waals surface area contributed by atoms with E-state index >= 15 is 0 Å². The van der Waals surface area contributed by atoms with Gasteiger partial charge >= 0.3 is 0 Å². The molecule has 0 aromatic heterocycles. The lowest BCUT2D eigenvalue weighted by atomic mass is 9.86. The molecule has 0 aromatic rings. The van der Waals surface area contributed by atoms with Crippen LogP contribution in [-0.4, -0.2) is 30.6 Å². The largest absolute Gasteiger partial charge is 0.329 e. The van der Waals surface area contributed by atoms with Crippen LogP contribution >= 0.6 is 0 Å². The lowest BCUT2D eigenvalue weighted by Crippen LogP contribution is -2.49. The molecule has 14 heavy (non-hydrogen) atoms. The van der Waals surface area contributed by atoms with Crippen molar-refractivity contribution in [2.45, 2.75) is 52.6 Å². The van der Waals surface area contributed by atoms with E-state index in [0.29, 0.717) is 17.5 Å². The quantitative estimate of drug-likeness (QED) is 0.749. The van der Waals surface area contributed by atoms with Gasteiger partial charge in [0.05, 0.1) is 0 Å². The first-order chi connectivity index (χ1) is 6.38. The summed E-state index contributed by atoms with van der Waals surface area (Å²) in [6.45, 7) is 10.0. The maximum atomic E-state index is 5.85. The molecule has 0 bridgehead atoms. The lowest BCUT2D eigenvalue weighted by molar-refractivity contribution is 0.0901. The summed E-state index contributed by atoms with van der Waals surface area (Å²) in [7, 11) is 2.23. The van der Waals surface area contributed by atoms with Crippen molar-refractivity contribution in [1.82, 2.24) is 4.90 Å². The Morgan fingerprint density at radius 1 is 1.36 bits per heavy atom. The SMILES string of the molecule is CC(N(C)C(CN)C1CC1)C(C)(C)C. The third-order valence-electron chi connectivity index (χ3n) is 3.80. The standard InChI is InChI=1S/C12H26N2/c1-9(12(2,3)4)14(5)11(8-13)10-6-7-10/h9-11H,6-8,13H2,1-5H3. The van der Waals surface area contributed by atoms with Crippen molar-refractivity contribution >= 4 is 0 Å². The Bertz CT molecular complexity index is 177. The first kappa shape index (κ1) is 12.0. The number of rotatable bonds is 4. The van der Waals surface area contributed by atoms with Crippen LogP contribution in [0.15, 0.2) is 0 Å². The Kier molecular flexibility index (Phi) is 3.59. The summed E-state index contributed by atoms with van der Waals surface area (Å²) in [5.41, 5.74) is 6.20. The van der Waals surface area contributed by atoms with E-state index in [1.807, 2.05) is 0 Å². The zero-order valence-electron chi connectivity index (χ0n) is 10.4. The van der Waals surface area contributed by atoms with Gasteiger partial charge in [0.1, 0.15) is 0 Å². The molecule has 0 amide bonds. The second-order valence-electron chi connectivity index (χ2n) is 5.85. The van der Waals surface area contributed by atoms with Crippen LogP contribution in [0.3, 0.4) is 0 Å². The summed E-state index contributed by atoms with van der Waals surface area (Å²) in [4.78, 5) is 2.48. The van der Waals surface area contributed by atoms with Crippen molar-refractivity contribution in [2.75, 3.05) is 13.6 Å². The smallest absolute Gasteiger partial charge is 0.0246 e. The van der Waals surface area contributed by atoms with E-state index in [0.717, 1.165) is 12.5 Å². The highest BCUT2D eigenvalue weighted by molar-refractivity contribution is 4.91. The number of hydrogen-bond acceptors (Lipinski definition) is 2. The van der Waals surface area contributed by atoms with Crippen LogP contribution in [0.2, 0.25) is 0 Å². The molecular weight excluding hydrogens is 172 g/mol. The average Bonchev–Trinajstić information content (AvgIpc) is 2.86. The highest BCUT2D eigenvalue weighted by Crippen LogP contribution is 2.37. The first-order valence-electron chi connectivity index (χ1n) is 5.80. The summed E-state index contributed by atoms with van der Waals surface area (Å²) in [5.74, 6) is 0.870. The van der Waals surface area contributed by atoms with Gasteiger partial charge in [-0.15, -0.1) is 0 Å². The third kappa shape index (κ3) is 2.71. The second kappa shape index (κ2) is 4.19. The van der Waals surface area contributed by atoms with Gasteiger partial charge in [0.25, 0.3) is 0 Å². The first-order valence-corrected chi connectivity index (χ1v) is 5.80. The molecular formula is C12H26N2. The van der Waals surface area contributed by atoms with Crippen LogP contribution in [-0.2, 0) is 0 Å². The van der Waals surface area contributed by atoms with Gasteiger partial charge in [0.2, 0.25) is 0 Å². The summed E-state index contributed by atoms with van der Waals surface area (Å²) in [5, 5.41) is 0. The molecule has 2 heteroatoms. The number of nitrogens with zero attached hydrogens (tertiary/aromatic N) is 1. The predicted molar refractivity (Wildman–Crippen MR) is 62.2 cm³/mol. The fraction of sp³-hybridized carbons (Fsp3) is 1.00. The lowest BCUT2D eigenvalue weighted by Gasteiger charge is -2.40. The maximum Gasteiger partial charge on any atom is 0.0246 e. The van der Waals surface area contributed by atoms with Gasteiger partial charge in [0.15, 0.2) is 0 Å². The molecule has 2 nitrogen and oxygen atoms in total. The molecule has 2 unspecified atom stereocenters. The molecule has 2 N–H and O–H groups in total. The van der Waals surface area contributed by atoms with E-state index in [1.54, 1.807) is 0 Å². The second-order valence-corrected chi connectivity index (χ2v) is 5.85. The maximum absolute atomic E-state index is 5.85.